The summed E-state index contributed by atoms with van der Waals surface area (Å²) in [4.78, 5) is 16.5. The van der Waals surface area contributed by atoms with Gasteiger partial charge in [-0.15, -0.1) is 0 Å². The third-order valence-corrected chi connectivity index (χ3v) is 0. The van der Waals surface area contributed by atoms with Gasteiger partial charge < -0.3 is 19.8 Å². The molecule has 0 aromatic rings. The molecule has 38 valence electrons. The van der Waals surface area contributed by atoms with Crippen molar-refractivity contribution in [2.24, 2.45) is 0 Å². The maximum absolute atomic E-state index is 8.24. The zero-order chi connectivity index (χ0) is 5.41. The summed E-state index contributed by atoms with van der Waals surface area (Å²) in [5.41, 5.74) is 0. The van der Waals surface area contributed by atoms with E-state index in [-0.39, 0.29) is 21.7 Å². The fraction of sp³-hybridized carbons (Fsp3) is 0. The van der Waals surface area contributed by atoms with E-state index < -0.39 is 0 Å². The van der Waals surface area contributed by atoms with E-state index >= 15 is 0 Å². The van der Waals surface area contributed by atoms with Crippen molar-refractivity contribution < 1.29 is 41.5 Å². The van der Waals surface area contributed by atoms with Crippen molar-refractivity contribution in [3.63, 3.8) is 0 Å². The molecule has 0 aliphatic carbocycles. The predicted molar refractivity (Wildman–Crippen MR) is 16.6 cm³/mol. The van der Waals surface area contributed by atoms with E-state index in [4.69, 9.17) is 19.8 Å². The van der Waals surface area contributed by atoms with E-state index in [1.807, 2.05) is 0 Å². The van der Waals surface area contributed by atoms with Gasteiger partial charge in [0.2, 0.25) is 0 Å². The summed E-state index contributed by atoms with van der Waals surface area (Å²) in [6.45, 7) is 1.00. The van der Waals surface area contributed by atoms with Gasteiger partial charge in [0.05, 0.1) is 0 Å². The Kier molecular flexibility index (Phi) is 102. The van der Waals surface area contributed by atoms with Crippen molar-refractivity contribution in [3.8, 4) is 0 Å². The summed E-state index contributed by atoms with van der Waals surface area (Å²) >= 11 is 0. The SMILES string of the molecule is O=[C-]O.O=[C-]O.[Ti+2]. The van der Waals surface area contributed by atoms with E-state index in [0.29, 0.717) is 12.9 Å². The predicted octanol–water partition coefficient (Wildman–Crippen LogP) is -0.779. The second-order valence-electron chi connectivity index (χ2n) is 0.183. The van der Waals surface area contributed by atoms with Crippen LogP contribution in [0.2, 0.25) is 0 Å². The minimum atomic E-state index is 0. The van der Waals surface area contributed by atoms with Gasteiger partial charge in [-0.05, 0) is 0 Å². The van der Waals surface area contributed by atoms with Crippen molar-refractivity contribution in [2.45, 2.75) is 0 Å². The summed E-state index contributed by atoms with van der Waals surface area (Å²) in [6, 6.07) is 0. The summed E-state index contributed by atoms with van der Waals surface area (Å²) in [7, 11) is 0. The van der Waals surface area contributed by atoms with Crippen molar-refractivity contribution in [2.75, 3.05) is 0 Å². The molecule has 0 saturated carbocycles. The molecule has 0 spiro atoms. The molecule has 0 amide bonds. The average molecular weight is 138 g/mol. The van der Waals surface area contributed by atoms with Crippen LogP contribution in [0.15, 0.2) is 0 Å². The van der Waals surface area contributed by atoms with Gasteiger partial charge in [-0.1, -0.05) is 12.9 Å². The van der Waals surface area contributed by atoms with Crippen LogP contribution in [-0.4, -0.2) is 23.2 Å². The van der Waals surface area contributed by atoms with Crippen LogP contribution in [0, 0.1) is 0 Å². The van der Waals surface area contributed by atoms with Crippen molar-refractivity contribution in [1.82, 2.24) is 0 Å². The molecule has 0 bridgehead atoms. The van der Waals surface area contributed by atoms with Crippen molar-refractivity contribution in [3.05, 3.63) is 0 Å². The van der Waals surface area contributed by atoms with Gasteiger partial charge in [0.25, 0.3) is 0 Å². The topological polar surface area (TPSA) is 74.6 Å². The quantitative estimate of drug-likeness (QED) is 0.340. The normalized spacial score (nSPS) is 3.43. The molecule has 2 N–H and O–H groups in total. The van der Waals surface area contributed by atoms with Crippen LogP contribution in [-0.2, 0) is 31.3 Å². The molecule has 0 saturated heterocycles. The Bertz CT molecular complexity index is 30.7. The van der Waals surface area contributed by atoms with Gasteiger partial charge in [-0.3, -0.25) is 0 Å². The maximum atomic E-state index is 8.24. The fourth-order valence-electron chi connectivity index (χ4n) is 0. The van der Waals surface area contributed by atoms with E-state index in [9.17, 15) is 0 Å². The molecule has 0 atom stereocenters. The third kappa shape index (κ3) is 632. The Hall–Kier alpha value is -0.346. The van der Waals surface area contributed by atoms with Gasteiger partial charge in [-0.25, -0.2) is 0 Å². The molecule has 0 heterocycles. The maximum Gasteiger partial charge on any atom is 2.00 e. The molecular weight excluding hydrogens is 136 g/mol. The number of rotatable bonds is 0. The summed E-state index contributed by atoms with van der Waals surface area (Å²) in [5, 5.41) is 13.5. The Morgan fingerprint density at radius 1 is 1.00 bits per heavy atom. The zero-order valence-electron chi connectivity index (χ0n) is 3.21. The first kappa shape index (κ1) is 15.9. The van der Waals surface area contributed by atoms with E-state index in [1.54, 1.807) is 0 Å². The number of hydrogen-bond donors (Lipinski definition) is 2. The van der Waals surface area contributed by atoms with Crippen molar-refractivity contribution >= 4 is 12.9 Å². The Morgan fingerprint density at radius 2 is 1.00 bits per heavy atom. The van der Waals surface area contributed by atoms with Crippen molar-refractivity contribution in [1.29, 1.82) is 0 Å². The number of hydrogen-bond acceptors (Lipinski definition) is 2. The average Bonchev–Trinajstić information content (AvgIpc) is 1.39. The molecule has 0 aliphatic heterocycles. The second-order valence-corrected chi connectivity index (χ2v) is 0.183. The van der Waals surface area contributed by atoms with E-state index in [2.05, 4.69) is 0 Å². The van der Waals surface area contributed by atoms with Crippen LogP contribution < -0.4 is 0 Å². The van der Waals surface area contributed by atoms with Gasteiger partial charge in [0.15, 0.2) is 0 Å². The molecule has 0 aromatic heterocycles. The molecule has 0 aliphatic rings. The first-order valence-corrected chi connectivity index (χ1v) is 0.855. The minimum Gasteiger partial charge on any atom is -0.665 e. The van der Waals surface area contributed by atoms with Crippen LogP contribution in [0.3, 0.4) is 0 Å². The Balaban J connectivity index is -0.0000000400. The van der Waals surface area contributed by atoms with E-state index in [1.165, 1.54) is 0 Å². The molecule has 7 heavy (non-hydrogen) atoms. The molecule has 0 unspecified atom stereocenters. The minimum absolute atomic E-state index is 0. The third-order valence-electron chi connectivity index (χ3n) is 0. The van der Waals surface area contributed by atoms with Gasteiger partial charge >= 0.3 is 21.7 Å². The monoisotopic (exact) mass is 138 g/mol. The van der Waals surface area contributed by atoms with Gasteiger partial charge in [0, 0.05) is 0 Å². The standard InChI is InChI=1S/2CHO2.Ti/c2*2-1-3;/h2*(H,2,3);/q2*-1;+2. The fourth-order valence-corrected chi connectivity index (χ4v) is 0. The van der Waals surface area contributed by atoms with Crippen LogP contribution in [0.25, 0.3) is 0 Å². The largest absolute Gasteiger partial charge is 2.00 e. The summed E-state index contributed by atoms with van der Waals surface area (Å²) < 4.78 is 0. The smallest absolute Gasteiger partial charge is 0.665 e. The zero-order valence-corrected chi connectivity index (χ0v) is 4.77. The van der Waals surface area contributed by atoms with Crippen LogP contribution in [0.5, 0.6) is 0 Å². The molecule has 0 aromatic carbocycles. The Labute approximate surface area is 55.0 Å². The summed E-state index contributed by atoms with van der Waals surface area (Å²) in [5.74, 6) is 0. The van der Waals surface area contributed by atoms with Crippen LogP contribution >= 0.6 is 0 Å². The first-order chi connectivity index (χ1) is 2.83. The molecular formula is C2H2O4Ti. The van der Waals surface area contributed by atoms with E-state index in [0.717, 1.165) is 0 Å². The molecule has 0 fully saturated rings. The summed E-state index contributed by atoms with van der Waals surface area (Å²) in [6.07, 6.45) is 0. The van der Waals surface area contributed by atoms with Gasteiger partial charge in [-0.2, -0.15) is 0 Å². The van der Waals surface area contributed by atoms with Crippen LogP contribution in [0.1, 0.15) is 0 Å². The Morgan fingerprint density at radius 3 is 1.00 bits per heavy atom. The van der Waals surface area contributed by atoms with Crippen LogP contribution in [0.4, 0.5) is 0 Å². The molecule has 0 rings (SSSR count). The molecule has 4 nitrogen and oxygen atoms in total. The molecule has 0 radical (unpaired) electrons. The first-order valence-electron chi connectivity index (χ1n) is 0.855. The second kappa shape index (κ2) is 44.8. The number of aliphatic hydroxyl groups excluding tert-OH is 2. The van der Waals surface area contributed by atoms with Gasteiger partial charge in [0.1, 0.15) is 0 Å². The molecule has 5 heteroatoms.